The van der Waals surface area contributed by atoms with Crippen molar-refractivity contribution in [1.29, 1.82) is 0 Å². The number of ether oxygens (including phenoxy) is 2. The minimum absolute atomic E-state index is 0.206. The Labute approximate surface area is 171 Å². The molecule has 0 fully saturated rings. The number of ketones is 1. The number of rotatable bonds is 7. The Morgan fingerprint density at radius 3 is 2.34 bits per heavy atom. The number of benzene rings is 2. The Kier molecular flexibility index (Phi) is 6.99. The van der Waals surface area contributed by atoms with Crippen LogP contribution >= 0.6 is 0 Å². The molecule has 0 amide bonds. The van der Waals surface area contributed by atoms with E-state index in [1.807, 2.05) is 45.0 Å². The van der Waals surface area contributed by atoms with Crippen LogP contribution in [-0.4, -0.2) is 29.6 Å². The molecule has 5 heteroatoms. The van der Waals surface area contributed by atoms with E-state index in [2.05, 4.69) is 0 Å². The molecule has 2 aromatic carbocycles. The zero-order valence-electron chi connectivity index (χ0n) is 17.4. The quantitative estimate of drug-likeness (QED) is 0.512. The first kappa shape index (κ1) is 22.0. The van der Waals surface area contributed by atoms with Crippen LogP contribution < -0.4 is 9.47 Å². The molecule has 152 valence electrons. The number of carbonyl (C=O) groups excluding carboxylic acids is 1. The summed E-state index contributed by atoms with van der Waals surface area (Å²) in [6.45, 7) is 7.55. The summed E-state index contributed by atoms with van der Waals surface area (Å²) in [4.78, 5) is 23.7. The summed E-state index contributed by atoms with van der Waals surface area (Å²) in [6, 6.07) is 12.5. The summed E-state index contributed by atoms with van der Waals surface area (Å²) < 4.78 is 11.2. The summed E-state index contributed by atoms with van der Waals surface area (Å²) in [5.41, 5.74) is 1.94. The van der Waals surface area contributed by atoms with Crippen LogP contribution in [0, 0.1) is 0 Å². The van der Waals surface area contributed by atoms with Crippen LogP contribution in [0.1, 0.15) is 49.2 Å². The number of para-hydroxylation sites is 1. The predicted molar refractivity (Wildman–Crippen MR) is 114 cm³/mol. The third-order valence-corrected chi connectivity index (χ3v) is 4.00. The van der Waals surface area contributed by atoms with Crippen molar-refractivity contribution < 1.29 is 24.2 Å². The van der Waals surface area contributed by atoms with Crippen LogP contribution in [0.25, 0.3) is 11.6 Å². The third kappa shape index (κ3) is 6.35. The average molecular weight is 394 g/mol. The summed E-state index contributed by atoms with van der Waals surface area (Å²) in [7, 11) is 1.50. The molecule has 0 aliphatic heterocycles. The predicted octanol–water partition coefficient (Wildman–Crippen LogP) is 5.26. The van der Waals surface area contributed by atoms with Gasteiger partial charge >= 0.3 is 5.97 Å². The van der Waals surface area contributed by atoms with Gasteiger partial charge in [-0.2, -0.15) is 0 Å². The molecule has 1 N–H and O–H groups in total. The molecule has 0 aliphatic carbocycles. The molecule has 0 unspecified atom stereocenters. The van der Waals surface area contributed by atoms with E-state index in [1.54, 1.807) is 31.2 Å². The zero-order valence-corrected chi connectivity index (χ0v) is 17.4. The second-order valence-corrected chi connectivity index (χ2v) is 7.53. The van der Waals surface area contributed by atoms with Crippen molar-refractivity contribution in [2.24, 2.45) is 0 Å². The second kappa shape index (κ2) is 9.24. The molecule has 0 aromatic heterocycles. The van der Waals surface area contributed by atoms with Gasteiger partial charge in [-0.25, -0.2) is 4.79 Å². The fourth-order valence-corrected chi connectivity index (χ4v) is 2.74. The molecule has 0 heterocycles. The molecule has 2 rings (SSSR count). The lowest BCUT2D eigenvalue weighted by Gasteiger charge is -2.22. The van der Waals surface area contributed by atoms with Gasteiger partial charge in [0.1, 0.15) is 17.1 Å². The van der Waals surface area contributed by atoms with E-state index in [9.17, 15) is 9.59 Å². The van der Waals surface area contributed by atoms with Gasteiger partial charge in [0.2, 0.25) is 0 Å². The maximum Gasteiger partial charge on any atom is 0.328 e. The fourth-order valence-electron chi connectivity index (χ4n) is 2.74. The van der Waals surface area contributed by atoms with Crippen molar-refractivity contribution in [1.82, 2.24) is 0 Å². The van der Waals surface area contributed by atoms with Crippen molar-refractivity contribution >= 4 is 23.4 Å². The van der Waals surface area contributed by atoms with Crippen molar-refractivity contribution in [2.45, 2.75) is 33.3 Å². The first-order valence-corrected chi connectivity index (χ1v) is 9.21. The Bertz CT molecular complexity index is 961. The molecule has 0 saturated heterocycles. The lowest BCUT2D eigenvalue weighted by molar-refractivity contribution is -0.131. The number of allylic oxidation sites excluding steroid dienone is 2. The largest absolute Gasteiger partial charge is 0.496 e. The summed E-state index contributed by atoms with van der Waals surface area (Å²) in [5.74, 6) is -0.0663. The maximum absolute atomic E-state index is 12.7. The first-order valence-electron chi connectivity index (χ1n) is 9.21. The molecule has 0 aliphatic rings. The normalized spacial score (nSPS) is 12.1. The van der Waals surface area contributed by atoms with Crippen molar-refractivity contribution in [3.8, 4) is 11.5 Å². The van der Waals surface area contributed by atoms with Crippen LogP contribution in [0.2, 0.25) is 0 Å². The Morgan fingerprint density at radius 2 is 1.72 bits per heavy atom. The van der Waals surface area contributed by atoms with E-state index in [4.69, 9.17) is 14.6 Å². The highest BCUT2D eigenvalue weighted by Crippen LogP contribution is 2.28. The monoisotopic (exact) mass is 394 g/mol. The van der Waals surface area contributed by atoms with Crippen molar-refractivity contribution in [2.75, 3.05) is 7.11 Å². The topological polar surface area (TPSA) is 72.8 Å². The van der Waals surface area contributed by atoms with Gasteiger partial charge in [-0.1, -0.05) is 18.2 Å². The molecule has 2 aromatic rings. The highest BCUT2D eigenvalue weighted by Gasteiger charge is 2.14. The van der Waals surface area contributed by atoms with Gasteiger partial charge < -0.3 is 14.6 Å². The highest BCUT2D eigenvalue weighted by molar-refractivity contribution is 6.07. The number of carboxylic acids is 1. The SMILES string of the molecule is COc1ccc(C(=O)/C=C/c2ccccc2OC(C)(C)C)cc1/C(C)=C/C(=O)O. The summed E-state index contributed by atoms with van der Waals surface area (Å²) >= 11 is 0. The van der Waals surface area contributed by atoms with Crippen LogP contribution in [-0.2, 0) is 4.79 Å². The Hall–Kier alpha value is -3.34. The molecule has 0 spiro atoms. The van der Waals surface area contributed by atoms with E-state index in [0.29, 0.717) is 28.2 Å². The lowest BCUT2D eigenvalue weighted by Crippen LogP contribution is -2.23. The Balaban J connectivity index is 2.34. The number of hydrogen-bond donors (Lipinski definition) is 1. The first-order chi connectivity index (χ1) is 13.6. The van der Waals surface area contributed by atoms with E-state index >= 15 is 0 Å². The van der Waals surface area contributed by atoms with Gasteiger partial charge in [0.15, 0.2) is 5.78 Å². The van der Waals surface area contributed by atoms with E-state index in [-0.39, 0.29) is 11.4 Å². The lowest BCUT2D eigenvalue weighted by atomic mass is 10.00. The van der Waals surface area contributed by atoms with Crippen LogP contribution in [0.5, 0.6) is 11.5 Å². The molecule has 0 bridgehead atoms. The van der Waals surface area contributed by atoms with Crippen molar-refractivity contribution in [3.05, 3.63) is 71.3 Å². The minimum Gasteiger partial charge on any atom is -0.496 e. The van der Waals surface area contributed by atoms with E-state index in [0.717, 1.165) is 11.6 Å². The summed E-state index contributed by atoms with van der Waals surface area (Å²) in [5, 5.41) is 9.00. The molecule has 0 atom stereocenters. The number of methoxy groups -OCH3 is 1. The van der Waals surface area contributed by atoms with Gasteiger partial charge in [-0.05, 0) is 69.7 Å². The van der Waals surface area contributed by atoms with Gasteiger partial charge in [0.05, 0.1) is 7.11 Å². The van der Waals surface area contributed by atoms with Crippen molar-refractivity contribution in [3.63, 3.8) is 0 Å². The van der Waals surface area contributed by atoms with E-state index in [1.165, 1.54) is 13.2 Å². The minimum atomic E-state index is -1.06. The van der Waals surface area contributed by atoms with Crippen LogP contribution in [0.3, 0.4) is 0 Å². The molecule has 29 heavy (non-hydrogen) atoms. The number of hydrogen-bond acceptors (Lipinski definition) is 4. The molecule has 0 saturated carbocycles. The highest BCUT2D eigenvalue weighted by atomic mass is 16.5. The van der Waals surface area contributed by atoms with Gasteiger partial charge in [0.25, 0.3) is 0 Å². The number of carbonyl (C=O) groups is 2. The standard InChI is InChI=1S/C24H26O5/c1-16(14-23(26)27)19-15-18(11-13-22(19)28-5)20(25)12-10-17-8-6-7-9-21(17)29-24(2,3)4/h6-15H,1-5H3,(H,26,27)/b12-10+,16-14+. The third-order valence-electron chi connectivity index (χ3n) is 4.00. The fraction of sp³-hybridized carbons (Fsp3) is 0.250. The number of aliphatic carboxylic acids is 1. The molecular formula is C24H26O5. The van der Waals surface area contributed by atoms with Gasteiger partial charge in [0, 0.05) is 22.8 Å². The molecule has 0 radical (unpaired) electrons. The zero-order chi connectivity index (χ0) is 21.6. The van der Waals surface area contributed by atoms with Crippen LogP contribution in [0.4, 0.5) is 0 Å². The molecule has 5 nitrogen and oxygen atoms in total. The average Bonchev–Trinajstić information content (AvgIpc) is 2.64. The van der Waals surface area contributed by atoms with Gasteiger partial charge in [-0.15, -0.1) is 0 Å². The Morgan fingerprint density at radius 1 is 1.03 bits per heavy atom. The second-order valence-electron chi connectivity index (χ2n) is 7.53. The van der Waals surface area contributed by atoms with Gasteiger partial charge in [-0.3, -0.25) is 4.79 Å². The number of carboxylic acid groups (broad SMARTS) is 1. The molecular weight excluding hydrogens is 368 g/mol. The summed E-state index contributed by atoms with van der Waals surface area (Å²) in [6.07, 6.45) is 4.28. The smallest absolute Gasteiger partial charge is 0.328 e. The maximum atomic E-state index is 12.7. The van der Waals surface area contributed by atoms with E-state index < -0.39 is 5.97 Å². The van der Waals surface area contributed by atoms with Crippen LogP contribution in [0.15, 0.2) is 54.6 Å².